The number of fused-ring (bicyclic) bond motifs is 1. The fourth-order valence-electron chi connectivity index (χ4n) is 3.46. The minimum atomic E-state index is -3.17. The molecule has 0 unspecified atom stereocenters. The van der Waals surface area contributed by atoms with Crippen LogP contribution in [0.3, 0.4) is 0 Å². The van der Waals surface area contributed by atoms with Gasteiger partial charge < -0.3 is 9.30 Å². The van der Waals surface area contributed by atoms with E-state index in [0.29, 0.717) is 44.7 Å². The second-order valence-corrected chi connectivity index (χ2v) is 16.3. The molecule has 8 nitrogen and oxygen atoms in total. The molecule has 0 spiro atoms. The molecule has 0 bridgehead atoms. The van der Waals surface area contributed by atoms with Crippen LogP contribution < -0.4 is 5.56 Å². The van der Waals surface area contributed by atoms with Gasteiger partial charge in [0.05, 0.1) is 23.4 Å². The second kappa shape index (κ2) is 8.09. The number of rotatable bonds is 7. The minimum Gasteiger partial charge on any atom is -0.360 e. The molecule has 0 N–H and O–H groups in total. The van der Waals surface area contributed by atoms with Crippen LogP contribution in [0.25, 0.3) is 10.9 Å². The maximum absolute atomic E-state index is 12.9. The molecule has 3 rings (SSSR count). The Kier molecular flexibility index (Phi) is 6.13. The number of ether oxygens (including phenoxy) is 1. The van der Waals surface area contributed by atoms with E-state index in [9.17, 15) is 13.2 Å². The zero-order chi connectivity index (χ0) is 20.5. The van der Waals surface area contributed by atoms with Crippen LogP contribution in [0.15, 0.2) is 23.3 Å². The van der Waals surface area contributed by atoms with Crippen molar-refractivity contribution in [1.82, 2.24) is 18.7 Å². The van der Waals surface area contributed by atoms with Crippen molar-refractivity contribution in [3.05, 3.63) is 28.8 Å². The number of pyridine rings is 1. The van der Waals surface area contributed by atoms with Crippen LogP contribution >= 0.6 is 0 Å². The molecule has 2 aromatic heterocycles. The highest BCUT2D eigenvalue weighted by atomic mass is 32.2. The van der Waals surface area contributed by atoms with Crippen molar-refractivity contribution in [3.8, 4) is 0 Å². The lowest BCUT2D eigenvalue weighted by Crippen LogP contribution is -2.40. The molecule has 156 valence electrons. The third kappa shape index (κ3) is 4.91. The van der Waals surface area contributed by atoms with E-state index in [4.69, 9.17) is 4.74 Å². The summed E-state index contributed by atoms with van der Waals surface area (Å²) >= 11 is 0. The topological polar surface area (TPSA) is 86.4 Å². The molecule has 0 aliphatic carbocycles. The van der Waals surface area contributed by atoms with E-state index in [2.05, 4.69) is 24.7 Å². The number of sulfonamides is 1. The zero-order valence-corrected chi connectivity index (χ0v) is 18.9. The molecule has 3 heterocycles. The Morgan fingerprint density at radius 2 is 1.93 bits per heavy atom. The summed E-state index contributed by atoms with van der Waals surface area (Å²) in [5, 5.41) is 4.89. The average Bonchev–Trinajstić information content (AvgIpc) is 3.02. The van der Waals surface area contributed by atoms with Crippen LogP contribution in [0, 0.1) is 0 Å². The largest absolute Gasteiger partial charge is 0.360 e. The number of aromatic nitrogens is 3. The lowest BCUT2D eigenvalue weighted by atomic mass is 10.1. The summed E-state index contributed by atoms with van der Waals surface area (Å²) in [7, 11) is -4.31. The van der Waals surface area contributed by atoms with Gasteiger partial charge in [-0.15, -0.1) is 0 Å². The average molecular weight is 427 g/mol. The van der Waals surface area contributed by atoms with Crippen LogP contribution in [0.1, 0.15) is 18.9 Å². The minimum absolute atomic E-state index is 0.00578. The van der Waals surface area contributed by atoms with Crippen LogP contribution in [0.2, 0.25) is 25.7 Å². The van der Waals surface area contributed by atoms with Gasteiger partial charge in [0.25, 0.3) is 5.56 Å². The number of hydrogen-bond donors (Lipinski definition) is 0. The van der Waals surface area contributed by atoms with E-state index < -0.39 is 18.1 Å². The van der Waals surface area contributed by atoms with E-state index in [1.54, 1.807) is 21.6 Å². The summed E-state index contributed by atoms with van der Waals surface area (Å²) in [5.74, 6) is 0. The monoisotopic (exact) mass is 426 g/mol. The van der Waals surface area contributed by atoms with Crippen LogP contribution in [-0.4, -0.2) is 61.1 Å². The molecule has 0 saturated carbocycles. The van der Waals surface area contributed by atoms with Crippen LogP contribution in [0.5, 0.6) is 0 Å². The molecular weight excluding hydrogens is 396 g/mol. The standard InChI is InChI=1S/C18H30N4O4SSi/c1-27(24,25)20-8-5-15(6-9-20)21-10-7-17-16(18(21)23)13-19-22(17)14-26-11-12-28(2,3)4/h7,10,13,15H,5-6,8-9,11-12,14H2,1-4H3. The predicted octanol–water partition coefficient (Wildman–Crippen LogP) is 2.11. The van der Waals surface area contributed by atoms with Crippen molar-refractivity contribution in [2.45, 2.75) is 51.3 Å². The third-order valence-corrected chi connectivity index (χ3v) is 8.24. The molecule has 2 aromatic rings. The van der Waals surface area contributed by atoms with Gasteiger partial charge in [-0.2, -0.15) is 5.10 Å². The molecule has 1 aliphatic rings. The number of hydrogen-bond acceptors (Lipinski definition) is 5. The first-order chi connectivity index (χ1) is 13.1. The molecule has 1 saturated heterocycles. The van der Waals surface area contributed by atoms with E-state index in [1.807, 2.05) is 6.07 Å². The van der Waals surface area contributed by atoms with E-state index in [0.717, 1.165) is 11.6 Å². The second-order valence-electron chi connectivity index (χ2n) is 8.71. The first-order valence-electron chi connectivity index (χ1n) is 9.66. The summed E-state index contributed by atoms with van der Waals surface area (Å²) in [4.78, 5) is 12.9. The molecule has 0 radical (unpaired) electrons. The van der Waals surface area contributed by atoms with Crippen molar-refractivity contribution >= 4 is 29.0 Å². The van der Waals surface area contributed by atoms with Crippen LogP contribution in [-0.2, 0) is 21.5 Å². The zero-order valence-electron chi connectivity index (χ0n) is 17.1. The maximum atomic E-state index is 12.9. The van der Waals surface area contributed by atoms with Gasteiger partial charge in [0, 0.05) is 40.0 Å². The highest BCUT2D eigenvalue weighted by Gasteiger charge is 2.26. The summed E-state index contributed by atoms with van der Waals surface area (Å²) < 4.78 is 34.0. The van der Waals surface area contributed by atoms with Gasteiger partial charge in [-0.1, -0.05) is 19.6 Å². The van der Waals surface area contributed by atoms with E-state index in [-0.39, 0.29) is 11.6 Å². The van der Waals surface area contributed by atoms with Crippen molar-refractivity contribution in [2.24, 2.45) is 0 Å². The van der Waals surface area contributed by atoms with Gasteiger partial charge in [0.15, 0.2) is 0 Å². The number of nitrogens with zero attached hydrogens (tertiary/aromatic N) is 4. The van der Waals surface area contributed by atoms with Crippen molar-refractivity contribution in [2.75, 3.05) is 26.0 Å². The van der Waals surface area contributed by atoms with Gasteiger partial charge in [0.1, 0.15) is 6.73 Å². The van der Waals surface area contributed by atoms with E-state index >= 15 is 0 Å². The Labute approximate surface area is 167 Å². The van der Waals surface area contributed by atoms with Gasteiger partial charge in [0.2, 0.25) is 10.0 Å². The van der Waals surface area contributed by atoms with Crippen molar-refractivity contribution < 1.29 is 13.2 Å². The normalized spacial score (nSPS) is 17.4. The van der Waals surface area contributed by atoms with Gasteiger partial charge in [-0.3, -0.25) is 4.79 Å². The van der Waals surface area contributed by atoms with Gasteiger partial charge in [-0.05, 0) is 25.0 Å². The molecule has 0 aromatic carbocycles. The molecule has 28 heavy (non-hydrogen) atoms. The molecular formula is C18H30N4O4SSi. The molecule has 10 heteroatoms. The highest BCUT2D eigenvalue weighted by molar-refractivity contribution is 7.88. The SMILES string of the molecule is C[Si](C)(C)CCOCn1ncc2c(=O)n(C3CCN(S(C)(=O)=O)CC3)ccc21. The smallest absolute Gasteiger partial charge is 0.261 e. The van der Waals surface area contributed by atoms with E-state index in [1.165, 1.54) is 10.6 Å². The predicted molar refractivity (Wildman–Crippen MR) is 113 cm³/mol. The quantitative estimate of drug-likeness (QED) is 0.500. The Balaban J connectivity index is 1.70. The number of piperidine rings is 1. The van der Waals surface area contributed by atoms with Crippen molar-refractivity contribution in [1.29, 1.82) is 0 Å². The molecule has 1 aliphatic heterocycles. The summed E-state index contributed by atoms with van der Waals surface area (Å²) in [6.45, 7) is 8.85. The first kappa shape index (κ1) is 21.2. The maximum Gasteiger partial charge on any atom is 0.261 e. The third-order valence-electron chi connectivity index (χ3n) is 5.23. The highest BCUT2D eigenvalue weighted by Crippen LogP contribution is 2.23. The Hall–Kier alpha value is -1.49. The Bertz CT molecular complexity index is 985. The molecule has 1 fully saturated rings. The van der Waals surface area contributed by atoms with Gasteiger partial charge >= 0.3 is 0 Å². The molecule has 0 atom stereocenters. The van der Waals surface area contributed by atoms with Crippen molar-refractivity contribution in [3.63, 3.8) is 0 Å². The summed E-state index contributed by atoms with van der Waals surface area (Å²) in [5.41, 5.74) is 0.687. The Morgan fingerprint density at radius 1 is 1.25 bits per heavy atom. The lowest BCUT2D eigenvalue weighted by Gasteiger charge is -2.31. The molecule has 0 amide bonds. The van der Waals surface area contributed by atoms with Gasteiger partial charge in [-0.25, -0.2) is 17.4 Å². The summed E-state index contributed by atoms with van der Waals surface area (Å²) in [6.07, 6.45) is 5.89. The summed E-state index contributed by atoms with van der Waals surface area (Å²) in [6, 6.07) is 2.99. The fourth-order valence-corrected chi connectivity index (χ4v) is 5.10. The Morgan fingerprint density at radius 3 is 2.54 bits per heavy atom. The van der Waals surface area contributed by atoms with Crippen LogP contribution in [0.4, 0.5) is 0 Å². The lowest BCUT2D eigenvalue weighted by molar-refractivity contribution is 0.0817. The first-order valence-corrected chi connectivity index (χ1v) is 15.2. The fraction of sp³-hybridized carbons (Fsp3) is 0.667.